The van der Waals surface area contributed by atoms with Crippen LogP contribution in [0.25, 0.3) is 0 Å². The number of nitrogens with one attached hydrogen (secondary N) is 5. The van der Waals surface area contributed by atoms with E-state index in [0.717, 1.165) is 210 Å². The highest BCUT2D eigenvalue weighted by Crippen LogP contribution is 2.61. The molecule has 696 valence electrons. The summed E-state index contributed by atoms with van der Waals surface area (Å²) in [4.78, 5) is 66.5. The number of carbonyl (C=O) groups is 5. The van der Waals surface area contributed by atoms with Crippen LogP contribution >= 0.6 is 11.3 Å². The van der Waals surface area contributed by atoms with Crippen LogP contribution in [0.5, 0.6) is 28.7 Å². The largest absolute Gasteiger partial charge is 0.495 e. The van der Waals surface area contributed by atoms with Crippen molar-refractivity contribution in [3.63, 3.8) is 0 Å². The van der Waals surface area contributed by atoms with Crippen molar-refractivity contribution < 1.29 is 60.8 Å². The van der Waals surface area contributed by atoms with Crippen LogP contribution in [-0.4, -0.2) is 74.9 Å². The fourth-order valence-electron chi connectivity index (χ4n) is 20.7. The van der Waals surface area contributed by atoms with E-state index in [1.54, 1.807) is 46.7 Å². The number of amides is 5. The van der Waals surface area contributed by atoms with Gasteiger partial charge in [0.05, 0.1) is 79.8 Å². The highest BCUT2D eigenvalue weighted by molar-refractivity contribution is 7.14. The molecule has 21 heteroatoms. The number of aryl methyl sites for hydroxylation is 11. The first-order valence-electron chi connectivity index (χ1n) is 47.7. The van der Waals surface area contributed by atoms with Crippen molar-refractivity contribution in [2.75, 3.05) is 62.1 Å². The summed E-state index contributed by atoms with van der Waals surface area (Å²) in [6.07, 6.45) is 32.6. The first-order chi connectivity index (χ1) is 62.1. The lowest BCUT2D eigenvalue weighted by molar-refractivity contribution is -0.142. The molecule has 9 aliphatic carbocycles. The minimum atomic E-state index is -4.70. The molecule has 17 nitrogen and oxygen atoms in total. The van der Waals surface area contributed by atoms with Crippen LogP contribution in [0.3, 0.4) is 0 Å². The van der Waals surface area contributed by atoms with E-state index in [9.17, 15) is 37.1 Å². The summed E-state index contributed by atoms with van der Waals surface area (Å²) in [6.45, 7) is 21.2. The molecule has 2 heterocycles. The Bertz CT molecular complexity index is 5470. The predicted molar refractivity (Wildman–Crippen MR) is 519 cm³/mol. The van der Waals surface area contributed by atoms with Gasteiger partial charge >= 0.3 is 6.18 Å². The van der Waals surface area contributed by atoms with Crippen LogP contribution in [0, 0.1) is 23.2 Å². The molecule has 9 aliphatic rings. The molecule has 0 atom stereocenters. The zero-order chi connectivity index (χ0) is 92.8. The maximum atomic E-state index is 13.4. The van der Waals surface area contributed by atoms with E-state index in [2.05, 4.69) is 149 Å². The number of rotatable bonds is 16. The number of aromatic nitrogens is 2. The number of ether oxygens (including phenoxy) is 5. The molecular formula is C109H138F3N7O10S. The molecule has 0 unspecified atom stereocenters. The van der Waals surface area contributed by atoms with Gasteiger partial charge in [0.25, 0.3) is 23.6 Å². The van der Waals surface area contributed by atoms with Crippen molar-refractivity contribution in [3.05, 3.63) is 226 Å². The zero-order valence-corrected chi connectivity index (χ0v) is 80.3. The third kappa shape index (κ3) is 24.3. The second-order valence-corrected chi connectivity index (χ2v) is 41.2. The number of thiophene rings is 1. The summed E-state index contributed by atoms with van der Waals surface area (Å²) in [5.41, 5.74) is 18.5. The first-order valence-corrected chi connectivity index (χ1v) is 48.5. The molecule has 7 aromatic carbocycles. The van der Waals surface area contributed by atoms with Crippen molar-refractivity contribution in [3.8, 4) is 28.7 Å². The molecule has 4 fully saturated rings. The van der Waals surface area contributed by atoms with Gasteiger partial charge < -0.3 is 50.3 Å². The Morgan fingerprint density at radius 3 is 1.08 bits per heavy atom. The van der Waals surface area contributed by atoms with Gasteiger partial charge in [0.15, 0.2) is 5.69 Å². The SMILES string of the molecule is CCn1cc(C(=O)Nc2cc3c(cc2OC)CCCCC3)c(C(F)(F)F)n1.COc1cc2c(cc1NC(=O)C13CC4CC(CC(C4)C1)C3)CCCCC2.COc1cc2c(cc1NC(=O)c1ccc(C(C)(C)C)s1)CCCCC2.COc1cc2c(cc1NC(=O)c1cccc(C(C)(C)C)c1)CCCCC2.COc1cc2c(cc1NC(=O)c1ccccc1C(C)(C)C)CCCCC2. The first kappa shape index (κ1) is 97.1. The maximum Gasteiger partial charge on any atom is 0.435 e. The van der Waals surface area contributed by atoms with E-state index >= 15 is 0 Å². The Hall–Kier alpha value is -10.4. The summed E-state index contributed by atoms with van der Waals surface area (Å²) < 4.78 is 68.5. The molecule has 130 heavy (non-hydrogen) atoms. The number of carbonyl (C=O) groups excluding carboxylic acids is 5. The molecular weight excluding hydrogens is 1660 g/mol. The molecule has 0 radical (unpaired) electrons. The number of fused-ring (bicyclic) bond motifs is 5. The predicted octanol–water partition coefficient (Wildman–Crippen LogP) is 26.2. The second-order valence-electron chi connectivity index (χ2n) is 40.2. The highest BCUT2D eigenvalue weighted by Gasteiger charge is 2.55. The van der Waals surface area contributed by atoms with Gasteiger partial charge in [-0.3, -0.25) is 28.7 Å². The van der Waals surface area contributed by atoms with Crippen molar-refractivity contribution in [2.24, 2.45) is 23.2 Å². The molecule has 5 amide bonds. The summed E-state index contributed by atoms with van der Waals surface area (Å²) in [7, 11) is 8.19. The fraction of sp³-hybridized carbons (Fsp3) is 0.505. The number of hydrogen-bond donors (Lipinski definition) is 5. The van der Waals surface area contributed by atoms with Gasteiger partial charge in [0.1, 0.15) is 28.7 Å². The van der Waals surface area contributed by atoms with Crippen molar-refractivity contribution >= 4 is 69.3 Å². The lowest BCUT2D eigenvalue weighted by Crippen LogP contribution is -2.51. The second kappa shape index (κ2) is 42.9. The van der Waals surface area contributed by atoms with Gasteiger partial charge in [-0.15, -0.1) is 11.3 Å². The Labute approximate surface area is 773 Å². The average Bonchev–Trinajstić information content (AvgIpc) is 0.861. The Morgan fingerprint density at radius 1 is 0.392 bits per heavy atom. The monoisotopic (exact) mass is 1790 g/mol. The minimum absolute atomic E-state index is 0.0120. The number of alkyl halides is 3. The van der Waals surface area contributed by atoms with Crippen molar-refractivity contribution in [1.29, 1.82) is 0 Å². The molecule has 0 saturated heterocycles. The Balaban J connectivity index is 0.000000139. The van der Waals surface area contributed by atoms with Crippen LogP contribution in [0.1, 0.15) is 322 Å². The Kier molecular flexibility index (Phi) is 32.0. The van der Waals surface area contributed by atoms with Crippen molar-refractivity contribution in [2.45, 2.75) is 297 Å². The topological polar surface area (TPSA) is 209 Å². The van der Waals surface area contributed by atoms with Crippen LogP contribution in [-0.2, 0) is 98.0 Å². The van der Waals surface area contributed by atoms with Gasteiger partial charge in [-0.05, 0) is 366 Å². The molecule has 4 bridgehead atoms. The normalized spacial score (nSPS) is 18.5. The summed E-state index contributed by atoms with van der Waals surface area (Å²) in [5, 5.41) is 18.6. The zero-order valence-electron chi connectivity index (χ0n) is 79.5. The number of nitrogens with zero attached hydrogens (tertiary/aromatic N) is 2. The van der Waals surface area contributed by atoms with E-state index < -0.39 is 23.3 Å². The smallest absolute Gasteiger partial charge is 0.435 e. The van der Waals surface area contributed by atoms with Gasteiger partial charge in [-0.25, -0.2) is 0 Å². The van der Waals surface area contributed by atoms with E-state index in [-0.39, 0.29) is 51.8 Å². The van der Waals surface area contributed by atoms with Gasteiger partial charge in [0.2, 0.25) is 5.91 Å². The number of hydrogen-bond acceptors (Lipinski definition) is 12. The fourth-order valence-corrected chi connectivity index (χ4v) is 21.7. The van der Waals surface area contributed by atoms with Gasteiger partial charge in [-0.2, -0.15) is 18.3 Å². The van der Waals surface area contributed by atoms with Gasteiger partial charge in [-0.1, -0.05) is 125 Å². The maximum absolute atomic E-state index is 13.4. The number of anilines is 5. The average molecular weight is 1800 g/mol. The number of halogens is 3. The lowest BCUT2D eigenvalue weighted by Gasteiger charge is -2.55. The summed E-state index contributed by atoms with van der Waals surface area (Å²) in [5.74, 6) is 5.07. The number of methoxy groups -OCH3 is 5. The number of benzene rings is 7. The minimum Gasteiger partial charge on any atom is -0.495 e. The Morgan fingerprint density at radius 2 is 0.738 bits per heavy atom. The standard InChI is InChI=1S/C23H31NO2.2C23H29NO2.C21H27NO2S.C19H22F3N3O2/c1-26-21-11-19-6-4-2-3-5-18(19)10-20(21)24-22(25)23-12-15-7-16(13-23)9-17(8-15)14-23;1-23(2,3)19-13-9-8-12-18(19)22(25)24-20-14-16-10-6-5-7-11-17(16)15-21(20)26-4;1-23(2,3)19-12-8-11-18(13-19)22(25)24-20-14-16-9-6-5-7-10-17(16)15-21(20)26-4;1-21(2,3)19-11-10-18(25-19)20(23)22-16-12-14-8-6-5-7-9-15(14)13-17(16)24-4;1-3-25-11-14(17(24-25)19(20,21)22)18(26)23-15-9-12-7-5-4-6-8-13(12)10-16(15)27-2/h10-11,15-17H,2-9,12-14H2,1H3,(H,24,25);8-9,12-15H,5-7,10-11H2,1-4H3,(H,24,25);8,11-15H,5-7,9-10H2,1-4H3,(H,24,25);10-13H,5-9H2,1-4H3,(H,22,23);9-11H,3-8H2,1-2H3,(H,23,26). The van der Waals surface area contributed by atoms with Crippen LogP contribution < -0.4 is 50.3 Å². The van der Waals surface area contributed by atoms with E-state index in [1.807, 2.05) is 66.7 Å². The quantitative estimate of drug-likeness (QED) is 0.0575. The van der Waals surface area contributed by atoms with Crippen molar-refractivity contribution in [1.82, 2.24) is 9.78 Å². The van der Waals surface area contributed by atoms with E-state index in [4.69, 9.17) is 23.7 Å². The van der Waals surface area contributed by atoms with Crippen LogP contribution in [0.4, 0.5) is 41.6 Å². The van der Waals surface area contributed by atoms with Crippen LogP contribution in [0.2, 0.25) is 0 Å². The third-order valence-corrected chi connectivity index (χ3v) is 29.0. The van der Waals surface area contributed by atoms with Crippen LogP contribution in [0.15, 0.2) is 128 Å². The van der Waals surface area contributed by atoms with E-state index in [0.29, 0.717) is 17.0 Å². The molecule has 9 aromatic rings. The van der Waals surface area contributed by atoms with Gasteiger partial charge in [0, 0.05) is 28.7 Å². The summed E-state index contributed by atoms with van der Waals surface area (Å²) >= 11 is 1.56. The molecule has 0 spiro atoms. The summed E-state index contributed by atoms with van der Waals surface area (Å²) in [6, 6.07) is 40.3. The lowest BCUT2D eigenvalue weighted by atomic mass is 9.49. The third-order valence-electron chi connectivity index (χ3n) is 27.5. The molecule has 5 N–H and O–H groups in total. The molecule has 0 aliphatic heterocycles. The molecule has 2 aromatic heterocycles. The molecule has 18 rings (SSSR count). The molecule has 4 saturated carbocycles. The highest BCUT2D eigenvalue weighted by atomic mass is 32.1. The van der Waals surface area contributed by atoms with E-state index in [1.165, 1.54) is 153 Å².